The first-order valence-electron chi connectivity index (χ1n) is 8.68. The van der Waals surface area contributed by atoms with Gasteiger partial charge in [0.05, 0.1) is 22.7 Å². The zero-order chi connectivity index (χ0) is 21.0. The van der Waals surface area contributed by atoms with Crippen LogP contribution >= 0.6 is 0 Å². The van der Waals surface area contributed by atoms with Crippen LogP contribution in [0.5, 0.6) is 0 Å². The first-order chi connectivity index (χ1) is 13.9. The number of rotatable bonds is 7. The van der Waals surface area contributed by atoms with Crippen LogP contribution < -0.4 is 5.32 Å². The van der Waals surface area contributed by atoms with E-state index in [-0.39, 0.29) is 36.2 Å². The number of benzene rings is 2. The number of carbonyl (C=O) groups excluding carboxylic acids is 3. The summed E-state index contributed by atoms with van der Waals surface area (Å²) in [6.45, 7) is -0.175. The standard InChI is InChI=1S/C19H17N3O7/c23-11-14-8-12(4-5-16(14)22(27)28)10-20-15-3-1-2-13(9-15)19(26)29-21-17(24)6-7-18(21)25/h1-5,8-9,20,23H,6-7,10-11H2. The van der Waals surface area contributed by atoms with E-state index in [0.29, 0.717) is 16.3 Å². The lowest BCUT2D eigenvalue weighted by Crippen LogP contribution is -2.32. The number of nitrogens with zero attached hydrogens (tertiary/aromatic N) is 2. The number of anilines is 1. The molecule has 0 aromatic heterocycles. The number of aliphatic hydroxyl groups excluding tert-OH is 1. The summed E-state index contributed by atoms with van der Waals surface area (Å²) in [5.74, 6) is -1.96. The minimum Gasteiger partial charge on any atom is -0.391 e. The molecule has 1 aliphatic rings. The van der Waals surface area contributed by atoms with Gasteiger partial charge in [-0.1, -0.05) is 12.1 Å². The SMILES string of the molecule is O=C(ON1C(=O)CCC1=O)c1cccc(NCc2ccc([N+](=O)[O-])c(CO)c2)c1. The van der Waals surface area contributed by atoms with Gasteiger partial charge in [-0.25, -0.2) is 4.79 Å². The van der Waals surface area contributed by atoms with Crippen LogP contribution in [-0.2, 0) is 27.6 Å². The van der Waals surface area contributed by atoms with Gasteiger partial charge in [-0.3, -0.25) is 19.7 Å². The quantitative estimate of drug-likeness (QED) is 0.409. The number of nitrogens with one attached hydrogen (secondary N) is 1. The Morgan fingerprint density at radius 3 is 2.55 bits per heavy atom. The summed E-state index contributed by atoms with van der Waals surface area (Å²) < 4.78 is 0. The number of hydroxylamine groups is 2. The number of aliphatic hydroxyl groups is 1. The van der Waals surface area contributed by atoms with E-state index in [2.05, 4.69) is 5.32 Å². The summed E-state index contributed by atoms with van der Waals surface area (Å²) in [7, 11) is 0. The lowest BCUT2D eigenvalue weighted by atomic mass is 10.1. The number of nitro benzene ring substituents is 1. The molecule has 2 amide bonds. The second-order valence-corrected chi connectivity index (χ2v) is 6.27. The highest BCUT2D eigenvalue weighted by atomic mass is 16.7. The van der Waals surface area contributed by atoms with Gasteiger partial charge in [0.15, 0.2) is 0 Å². The number of carbonyl (C=O) groups is 3. The molecular weight excluding hydrogens is 382 g/mol. The van der Waals surface area contributed by atoms with E-state index < -0.39 is 29.3 Å². The molecule has 150 valence electrons. The smallest absolute Gasteiger partial charge is 0.363 e. The Balaban J connectivity index is 1.67. The fourth-order valence-electron chi connectivity index (χ4n) is 2.81. The first kappa shape index (κ1) is 20.0. The van der Waals surface area contributed by atoms with Crippen LogP contribution in [0.4, 0.5) is 11.4 Å². The van der Waals surface area contributed by atoms with Gasteiger partial charge in [0.25, 0.3) is 17.5 Å². The molecule has 1 fully saturated rings. The van der Waals surface area contributed by atoms with Crippen molar-refractivity contribution in [2.75, 3.05) is 5.32 Å². The van der Waals surface area contributed by atoms with Gasteiger partial charge < -0.3 is 15.3 Å². The monoisotopic (exact) mass is 399 g/mol. The largest absolute Gasteiger partial charge is 0.391 e. The molecule has 0 atom stereocenters. The topological polar surface area (TPSA) is 139 Å². The number of hydrogen-bond donors (Lipinski definition) is 2. The summed E-state index contributed by atoms with van der Waals surface area (Å²) >= 11 is 0. The zero-order valence-corrected chi connectivity index (χ0v) is 15.2. The molecule has 1 heterocycles. The first-order valence-corrected chi connectivity index (χ1v) is 8.68. The molecule has 0 radical (unpaired) electrons. The van der Waals surface area contributed by atoms with E-state index in [4.69, 9.17) is 4.84 Å². The van der Waals surface area contributed by atoms with Gasteiger partial charge in [-0.05, 0) is 29.8 Å². The van der Waals surface area contributed by atoms with Gasteiger partial charge in [0.1, 0.15) is 0 Å². The normalized spacial score (nSPS) is 13.5. The molecule has 2 aromatic rings. The Labute approximate surface area is 164 Å². The average Bonchev–Trinajstić information content (AvgIpc) is 3.04. The number of amides is 2. The number of imide groups is 1. The van der Waals surface area contributed by atoms with Crippen molar-refractivity contribution in [3.63, 3.8) is 0 Å². The van der Waals surface area contributed by atoms with E-state index in [1.54, 1.807) is 18.2 Å². The molecule has 1 aliphatic heterocycles. The summed E-state index contributed by atoms with van der Waals surface area (Å²) in [6, 6.07) is 10.7. The molecule has 10 heteroatoms. The molecule has 0 bridgehead atoms. The third-order valence-corrected chi connectivity index (χ3v) is 4.29. The van der Waals surface area contributed by atoms with Gasteiger partial charge in [0, 0.05) is 31.1 Å². The molecule has 0 unspecified atom stereocenters. The molecule has 3 rings (SSSR count). The van der Waals surface area contributed by atoms with E-state index in [1.807, 2.05) is 0 Å². The van der Waals surface area contributed by atoms with Crippen molar-refractivity contribution in [3.8, 4) is 0 Å². The second-order valence-electron chi connectivity index (χ2n) is 6.27. The number of hydrogen-bond acceptors (Lipinski definition) is 8. The van der Waals surface area contributed by atoms with Crippen LogP contribution in [-0.4, -0.2) is 32.9 Å². The zero-order valence-electron chi connectivity index (χ0n) is 15.2. The van der Waals surface area contributed by atoms with Crippen molar-refractivity contribution in [1.29, 1.82) is 0 Å². The van der Waals surface area contributed by atoms with Crippen LogP contribution in [0.2, 0.25) is 0 Å². The molecule has 0 aliphatic carbocycles. The second kappa shape index (κ2) is 8.48. The molecule has 0 saturated carbocycles. The van der Waals surface area contributed by atoms with Crippen molar-refractivity contribution in [2.24, 2.45) is 0 Å². The van der Waals surface area contributed by atoms with E-state index >= 15 is 0 Å². The maximum atomic E-state index is 12.2. The summed E-state index contributed by atoms with van der Waals surface area (Å²) in [5, 5.41) is 23.8. The van der Waals surface area contributed by atoms with Crippen molar-refractivity contribution in [3.05, 3.63) is 69.3 Å². The molecule has 2 N–H and O–H groups in total. The highest BCUT2D eigenvalue weighted by Gasteiger charge is 2.33. The van der Waals surface area contributed by atoms with Crippen molar-refractivity contribution < 1.29 is 29.3 Å². The molecule has 1 saturated heterocycles. The Morgan fingerprint density at radius 2 is 1.90 bits per heavy atom. The van der Waals surface area contributed by atoms with E-state index in [1.165, 1.54) is 24.3 Å². The third kappa shape index (κ3) is 4.55. The molecule has 0 spiro atoms. The van der Waals surface area contributed by atoms with Gasteiger partial charge >= 0.3 is 5.97 Å². The van der Waals surface area contributed by atoms with Crippen LogP contribution in [0.1, 0.15) is 34.3 Å². The minimum atomic E-state index is -0.838. The van der Waals surface area contributed by atoms with Crippen LogP contribution in [0, 0.1) is 10.1 Å². The summed E-state index contributed by atoms with van der Waals surface area (Å²) in [6.07, 6.45) is 0.0253. The maximum Gasteiger partial charge on any atom is 0.363 e. The van der Waals surface area contributed by atoms with E-state index in [9.17, 15) is 29.6 Å². The number of nitro groups is 1. The highest BCUT2D eigenvalue weighted by Crippen LogP contribution is 2.21. The van der Waals surface area contributed by atoms with Gasteiger partial charge in [0.2, 0.25) is 0 Å². The van der Waals surface area contributed by atoms with Crippen molar-refractivity contribution >= 4 is 29.2 Å². The maximum absolute atomic E-state index is 12.2. The minimum absolute atomic E-state index is 0.0127. The van der Waals surface area contributed by atoms with Crippen molar-refractivity contribution in [1.82, 2.24) is 5.06 Å². The Morgan fingerprint density at radius 1 is 1.17 bits per heavy atom. The van der Waals surface area contributed by atoms with Gasteiger partial charge in [-0.2, -0.15) is 0 Å². The van der Waals surface area contributed by atoms with Crippen LogP contribution in [0.15, 0.2) is 42.5 Å². The highest BCUT2D eigenvalue weighted by molar-refractivity contribution is 6.02. The average molecular weight is 399 g/mol. The fraction of sp³-hybridized carbons (Fsp3) is 0.211. The molecule has 10 nitrogen and oxygen atoms in total. The summed E-state index contributed by atoms with van der Waals surface area (Å²) in [5.41, 5.74) is 1.43. The molecular formula is C19H17N3O7. The Hall–Kier alpha value is -3.79. The summed E-state index contributed by atoms with van der Waals surface area (Å²) in [4.78, 5) is 50.6. The molecule has 2 aromatic carbocycles. The van der Waals surface area contributed by atoms with E-state index in [0.717, 1.165) is 0 Å². The van der Waals surface area contributed by atoms with Crippen molar-refractivity contribution in [2.45, 2.75) is 26.0 Å². The third-order valence-electron chi connectivity index (χ3n) is 4.29. The fourth-order valence-corrected chi connectivity index (χ4v) is 2.81. The van der Waals surface area contributed by atoms with Crippen LogP contribution in [0.25, 0.3) is 0 Å². The predicted octanol–water partition coefficient (Wildman–Crippen LogP) is 1.92. The molecule has 29 heavy (non-hydrogen) atoms. The van der Waals surface area contributed by atoms with Crippen LogP contribution in [0.3, 0.4) is 0 Å². The lowest BCUT2D eigenvalue weighted by Gasteiger charge is -2.13. The Kier molecular flexibility index (Phi) is 5.84. The predicted molar refractivity (Wildman–Crippen MR) is 99.3 cm³/mol. The Bertz CT molecular complexity index is 974. The van der Waals surface area contributed by atoms with Gasteiger partial charge in [-0.15, -0.1) is 5.06 Å². The lowest BCUT2D eigenvalue weighted by molar-refractivity contribution is -0.385.